The van der Waals surface area contributed by atoms with Crippen molar-refractivity contribution in [2.75, 3.05) is 0 Å². The summed E-state index contributed by atoms with van der Waals surface area (Å²) in [6, 6.07) is 16.2. The molecule has 0 aromatic heterocycles. The standard InChI is InChI=1S/C29H40O2/c1-24(30)28-20-16-26(17-21-28)14-12-10-8-6-4-3-5-7-9-11-13-15-27-18-22-29(23-19-27)25(2)31/h16-23H,3-15H2,1-2H3. The first-order chi connectivity index (χ1) is 15.1. The molecule has 0 atom stereocenters. The average molecular weight is 421 g/mol. The number of hydrogen-bond donors (Lipinski definition) is 0. The molecule has 2 aromatic carbocycles. The van der Waals surface area contributed by atoms with Crippen molar-refractivity contribution in [3.05, 3.63) is 70.8 Å². The van der Waals surface area contributed by atoms with Crippen molar-refractivity contribution >= 4 is 11.6 Å². The highest BCUT2D eigenvalue weighted by molar-refractivity contribution is 5.94. The van der Waals surface area contributed by atoms with Gasteiger partial charge in [0.15, 0.2) is 11.6 Å². The van der Waals surface area contributed by atoms with Crippen LogP contribution in [0.4, 0.5) is 0 Å². The number of unbranched alkanes of at least 4 members (excludes halogenated alkanes) is 10. The van der Waals surface area contributed by atoms with Crippen molar-refractivity contribution in [1.82, 2.24) is 0 Å². The number of Topliss-reactive ketones (excluding diaryl/α,β-unsaturated/α-hetero) is 2. The Balaban J connectivity index is 1.37. The molecule has 0 bridgehead atoms. The molecule has 168 valence electrons. The molecule has 0 radical (unpaired) electrons. The van der Waals surface area contributed by atoms with Gasteiger partial charge in [-0.05, 0) is 50.7 Å². The monoisotopic (exact) mass is 420 g/mol. The van der Waals surface area contributed by atoms with Crippen LogP contribution in [0.5, 0.6) is 0 Å². The molecule has 2 nitrogen and oxygen atoms in total. The average Bonchev–Trinajstić information content (AvgIpc) is 2.77. The molecule has 0 unspecified atom stereocenters. The largest absolute Gasteiger partial charge is 0.295 e. The van der Waals surface area contributed by atoms with E-state index >= 15 is 0 Å². The molecule has 0 heterocycles. The van der Waals surface area contributed by atoms with Gasteiger partial charge in [0.2, 0.25) is 0 Å². The van der Waals surface area contributed by atoms with E-state index in [4.69, 9.17) is 0 Å². The van der Waals surface area contributed by atoms with E-state index in [1.807, 2.05) is 24.3 Å². The second kappa shape index (κ2) is 14.7. The first-order valence-electron chi connectivity index (χ1n) is 12.3. The minimum absolute atomic E-state index is 0.142. The summed E-state index contributed by atoms with van der Waals surface area (Å²) in [5.74, 6) is 0.285. The lowest BCUT2D eigenvalue weighted by molar-refractivity contribution is 0.100. The third kappa shape index (κ3) is 10.6. The van der Waals surface area contributed by atoms with E-state index in [9.17, 15) is 9.59 Å². The summed E-state index contributed by atoms with van der Waals surface area (Å²) in [5, 5.41) is 0. The summed E-state index contributed by atoms with van der Waals surface area (Å²) >= 11 is 0. The van der Waals surface area contributed by atoms with Crippen LogP contribution in [-0.4, -0.2) is 11.6 Å². The molecule has 2 heteroatoms. The quantitative estimate of drug-likeness (QED) is 0.203. The zero-order valence-corrected chi connectivity index (χ0v) is 19.6. The first kappa shape index (κ1) is 25.0. The van der Waals surface area contributed by atoms with E-state index < -0.39 is 0 Å². The number of ketones is 2. The van der Waals surface area contributed by atoms with Crippen molar-refractivity contribution in [1.29, 1.82) is 0 Å². The summed E-state index contributed by atoms with van der Waals surface area (Å²) < 4.78 is 0. The van der Waals surface area contributed by atoms with Gasteiger partial charge in [0.05, 0.1) is 0 Å². The van der Waals surface area contributed by atoms with Crippen LogP contribution in [0.1, 0.15) is 116 Å². The summed E-state index contributed by atoms with van der Waals surface area (Å²) in [6.45, 7) is 3.24. The normalized spacial score (nSPS) is 10.9. The number of carbonyl (C=O) groups excluding carboxylic acids is 2. The third-order valence-corrected chi connectivity index (χ3v) is 6.15. The lowest BCUT2D eigenvalue weighted by Gasteiger charge is -2.05. The van der Waals surface area contributed by atoms with Crippen LogP contribution >= 0.6 is 0 Å². The van der Waals surface area contributed by atoms with E-state index in [1.165, 1.54) is 81.8 Å². The predicted octanol–water partition coefficient (Wildman–Crippen LogP) is 8.17. The molecule has 0 spiro atoms. The molecule has 0 amide bonds. The zero-order chi connectivity index (χ0) is 22.3. The van der Waals surface area contributed by atoms with E-state index in [2.05, 4.69) is 24.3 Å². The highest BCUT2D eigenvalue weighted by Gasteiger charge is 2.01. The summed E-state index contributed by atoms with van der Waals surface area (Å²) in [6.07, 6.45) is 16.9. The molecular formula is C29H40O2. The van der Waals surface area contributed by atoms with Gasteiger partial charge < -0.3 is 0 Å². The second-order valence-corrected chi connectivity index (χ2v) is 8.90. The maximum atomic E-state index is 11.3. The lowest BCUT2D eigenvalue weighted by Crippen LogP contribution is -1.93. The van der Waals surface area contributed by atoms with Crippen LogP contribution in [0.3, 0.4) is 0 Å². The Morgan fingerprint density at radius 1 is 0.452 bits per heavy atom. The van der Waals surface area contributed by atoms with Gasteiger partial charge in [-0.2, -0.15) is 0 Å². The molecule has 2 rings (SSSR count). The Morgan fingerprint density at radius 2 is 0.710 bits per heavy atom. The Kier molecular flexibility index (Phi) is 11.9. The summed E-state index contributed by atoms with van der Waals surface area (Å²) in [4.78, 5) is 22.6. The van der Waals surface area contributed by atoms with Gasteiger partial charge in [-0.3, -0.25) is 9.59 Å². The highest BCUT2D eigenvalue weighted by atomic mass is 16.1. The number of carbonyl (C=O) groups is 2. The lowest BCUT2D eigenvalue weighted by atomic mass is 10.0. The fourth-order valence-electron chi connectivity index (χ4n) is 4.06. The Morgan fingerprint density at radius 3 is 0.968 bits per heavy atom. The van der Waals surface area contributed by atoms with Gasteiger partial charge in [-0.1, -0.05) is 106 Å². The van der Waals surface area contributed by atoms with Crippen molar-refractivity contribution in [2.24, 2.45) is 0 Å². The second-order valence-electron chi connectivity index (χ2n) is 8.90. The van der Waals surface area contributed by atoms with Gasteiger partial charge in [-0.15, -0.1) is 0 Å². The number of aryl methyl sites for hydroxylation is 2. The topological polar surface area (TPSA) is 34.1 Å². The van der Waals surface area contributed by atoms with Crippen molar-refractivity contribution in [3.8, 4) is 0 Å². The molecule has 0 fully saturated rings. The van der Waals surface area contributed by atoms with Gasteiger partial charge >= 0.3 is 0 Å². The van der Waals surface area contributed by atoms with Crippen LogP contribution < -0.4 is 0 Å². The van der Waals surface area contributed by atoms with Crippen LogP contribution in [0.25, 0.3) is 0 Å². The summed E-state index contributed by atoms with van der Waals surface area (Å²) in [7, 11) is 0. The van der Waals surface area contributed by atoms with Crippen molar-refractivity contribution < 1.29 is 9.59 Å². The molecule has 0 N–H and O–H groups in total. The summed E-state index contributed by atoms with van der Waals surface area (Å²) in [5.41, 5.74) is 4.31. The van der Waals surface area contributed by atoms with Gasteiger partial charge in [-0.25, -0.2) is 0 Å². The Labute approximate surface area is 189 Å². The van der Waals surface area contributed by atoms with Crippen LogP contribution in [0.15, 0.2) is 48.5 Å². The van der Waals surface area contributed by atoms with E-state index in [0.29, 0.717) is 0 Å². The highest BCUT2D eigenvalue weighted by Crippen LogP contribution is 2.15. The van der Waals surface area contributed by atoms with Crippen molar-refractivity contribution in [3.63, 3.8) is 0 Å². The number of hydrogen-bond acceptors (Lipinski definition) is 2. The maximum Gasteiger partial charge on any atom is 0.159 e. The fourth-order valence-corrected chi connectivity index (χ4v) is 4.06. The maximum absolute atomic E-state index is 11.3. The van der Waals surface area contributed by atoms with E-state index in [0.717, 1.165) is 24.0 Å². The minimum Gasteiger partial charge on any atom is -0.295 e. The smallest absolute Gasteiger partial charge is 0.159 e. The van der Waals surface area contributed by atoms with E-state index in [1.54, 1.807) is 13.8 Å². The molecule has 2 aromatic rings. The molecule has 0 saturated heterocycles. The molecular weight excluding hydrogens is 380 g/mol. The Hall–Kier alpha value is -2.22. The van der Waals surface area contributed by atoms with Gasteiger partial charge in [0.25, 0.3) is 0 Å². The molecule has 0 aliphatic heterocycles. The van der Waals surface area contributed by atoms with Crippen LogP contribution in [-0.2, 0) is 12.8 Å². The van der Waals surface area contributed by atoms with E-state index in [-0.39, 0.29) is 11.6 Å². The predicted molar refractivity (Wildman–Crippen MR) is 131 cm³/mol. The number of benzene rings is 2. The molecule has 0 aliphatic carbocycles. The Bertz CT molecular complexity index is 704. The van der Waals surface area contributed by atoms with Crippen LogP contribution in [0, 0.1) is 0 Å². The molecule has 0 aliphatic rings. The van der Waals surface area contributed by atoms with Gasteiger partial charge in [0.1, 0.15) is 0 Å². The first-order valence-corrected chi connectivity index (χ1v) is 12.3. The zero-order valence-electron chi connectivity index (χ0n) is 19.6. The third-order valence-electron chi connectivity index (χ3n) is 6.15. The fraction of sp³-hybridized carbons (Fsp3) is 0.517. The van der Waals surface area contributed by atoms with Crippen LogP contribution in [0.2, 0.25) is 0 Å². The SMILES string of the molecule is CC(=O)c1ccc(CCCCCCCCCCCCCc2ccc(C(C)=O)cc2)cc1. The molecule has 31 heavy (non-hydrogen) atoms. The van der Waals surface area contributed by atoms with Gasteiger partial charge in [0, 0.05) is 11.1 Å². The number of rotatable bonds is 16. The minimum atomic E-state index is 0.142. The van der Waals surface area contributed by atoms with Crippen molar-refractivity contribution in [2.45, 2.75) is 97.3 Å². The molecule has 0 saturated carbocycles.